The first-order valence-electron chi connectivity index (χ1n) is 7.72. The second-order valence-electron chi connectivity index (χ2n) is 5.71. The van der Waals surface area contributed by atoms with Crippen molar-refractivity contribution >= 4 is 29.1 Å². The summed E-state index contributed by atoms with van der Waals surface area (Å²) in [4.78, 5) is 25.7. The molecule has 0 bridgehead atoms. The number of nitrogens with zero attached hydrogens (tertiary/aromatic N) is 1. The number of hydrogen-bond acceptors (Lipinski definition) is 2. The van der Waals surface area contributed by atoms with Gasteiger partial charge in [0, 0.05) is 18.1 Å². The summed E-state index contributed by atoms with van der Waals surface area (Å²) in [6, 6.07) is 3.08. The molecule has 0 radical (unpaired) electrons. The minimum Gasteiger partial charge on any atom is -0.342 e. The first kappa shape index (κ1) is 18.6. The maximum Gasteiger partial charge on any atom is 0.418 e. The first-order valence-corrected chi connectivity index (χ1v) is 8.09. The van der Waals surface area contributed by atoms with E-state index in [9.17, 15) is 22.8 Å². The molecule has 2 amide bonds. The Kier molecular flexibility index (Phi) is 6.10. The van der Waals surface area contributed by atoms with Gasteiger partial charge in [0.25, 0.3) is 0 Å². The largest absolute Gasteiger partial charge is 0.418 e. The molecule has 0 aliphatic carbocycles. The van der Waals surface area contributed by atoms with Crippen molar-refractivity contribution in [1.82, 2.24) is 4.90 Å². The number of amides is 2. The zero-order chi connectivity index (χ0) is 17.7. The van der Waals surface area contributed by atoms with Crippen LogP contribution in [0.3, 0.4) is 0 Å². The predicted molar refractivity (Wildman–Crippen MR) is 84.7 cm³/mol. The molecule has 1 aromatic rings. The quantitative estimate of drug-likeness (QED) is 0.823. The third-order valence-corrected chi connectivity index (χ3v) is 4.07. The lowest BCUT2D eigenvalue weighted by molar-refractivity contribution is -0.137. The Hall–Kier alpha value is -1.76. The molecular weight excluding hydrogens is 345 g/mol. The van der Waals surface area contributed by atoms with Crippen LogP contribution in [0.2, 0.25) is 5.02 Å². The second-order valence-corrected chi connectivity index (χ2v) is 6.14. The van der Waals surface area contributed by atoms with E-state index in [1.807, 2.05) is 0 Å². The van der Waals surface area contributed by atoms with Gasteiger partial charge in [-0.25, -0.2) is 0 Å². The molecule has 0 aromatic heterocycles. The monoisotopic (exact) mass is 362 g/mol. The number of anilines is 1. The van der Waals surface area contributed by atoms with E-state index in [1.165, 1.54) is 6.07 Å². The van der Waals surface area contributed by atoms with Crippen molar-refractivity contribution in [3.05, 3.63) is 28.8 Å². The van der Waals surface area contributed by atoms with Gasteiger partial charge in [0.2, 0.25) is 11.8 Å². The molecular formula is C16H18ClF3N2O2. The number of carbonyl (C=O) groups is 2. The van der Waals surface area contributed by atoms with Gasteiger partial charge in [0.05, 0.1) is 11.3 Å². The molecule has 1 heterocycles. The Balaban J connectivity index is 2.03. The summed E-state index contributed by atoms with van der Waals surface area (Å²) in [7, 11) is 0. The topological polar surface area (TPSA) is 49.4 Å². The molecule has 1 fully saturated rings. The van der Waals surface area contributed by atoms with E-state index in [1.54, 1.807) is 4.90 Å². The molecule has 132 valence electrons. The van der Waals surface area contributed by atoms with Crippen molar-refractivity contribution in [2.45, 2.75) is 38.3 Å². The number of hydrogen-bond donors (Lipinski definition) is 1. The third-order valence-electron chi connectivity index (χ3n) is 3.83. The molecule has 1 aliphatic rings. The number of benzene rings is 1. The van der Waals surface area contributed by atoms with Gasteiger partial charge in [-0.1, -0.05) is 24.4 Å². The van der Waals surface area contributed by atoms with Crippen LogP contribution >= 0.6 is 11.6 Å². The van der Waals surface area contributed by atoms with Crippen molar-refractivity contribution in [3.63, 3.8) is 0 Å². The van der Waals surface area contributed by atoms with Crippen LogP contribution in [0.15, 0.2) is 18.2 Å². The lowest BCUT2D eigenvalue weighted by Gasteiger charge is -2.20. The highest BCUT2D eigenvalue weighted by Crippen LogP contribution is 2.36. The standard InChI is InChI=1S/C16H18ClF3N2O2/c17-11-5-6-13(12(9-11)16(18,19)20)21-14(23)10-15(24)22-7-3-1-2-4-8-22/h5-6,9H,1-4,7-8,10H2,(H,21,23). The number of alkyl halides is 3. The zero-order valence-electron chi connectivity index (χ0n) is 13.0. The number of rotatable bonds is 3. The average Bonchev–Trinajstić information content (AvgIpc) is 2.77. The summed E-state index contributed by atoms with van der Waals surface area (Å²) in [5.74, 6) is -1.13. The molecule has 1 aliphatic heterocycles. The Labute approximate surface area is 143 Å². The third kappa shape index (κ3) is 5.12. The molecule has 1 aromatic carbocycles. The summed E-state index contributed by atoms with van der Waals surface area (Å²) in [6.45, 7) is 1.17. The number of nitrogens with one attached hydrogen (secondary N) is 1. The van der Waals surface area contributed by atoms with E-state index in [2.05, 4.69) is 5.32 Å². The summed E-state index contributed by atoms with van der Waals surface area (Å²) >= 11 is 5.59. The van der Waals surface area contributed by atoms with Gasteiger partial charge in [-0.2, -0.15) is 13.2 Å². The predicted octanol–water partition coefficient (Wildman–Crippen LogP) is 4.09. The highest BCUT2D eigenvalue weighted by Gasteiger charge is 2.34. The van der Waals surface area contributed by atoms with Crippen LogP contribution in [-0.4, -0.2) is 29.8 Å². The van der Waals surface area contributed by atoms with Crippen molar-refractivity contribution in [2.75, 3.05) is 18.4 Å². The molecule has 1 N–H and O–H groups in total. The van der Waals surface area contributed by atoms with Gasteiger partial charge >= 0.3 is 6.18 Å². The Morgan fingerprint density at radius 3 is 2.33 bits per heavy atom. The molecule has 0 saturated carbocycles. The minimum absolute atomic E-state index is 0.0824. The van der Waals surface area contributed by atoms with E-state index in [-0.39, 0.29) is 10.9 Å². The Morgan fingerprint density at radius 2 is 1.75 bits per heavy atom. The van der Waals surface area contributed by atoms with Crippen molar-refractivity contribution < 1.29 is 22.8 Å². The molecule has 0 spiro atoms. The van der Waals surface area contributed by atoms with Gasteiger partial charge in [0.15, 0.2) is 0 Å². The van der Waals surface area contributed by atoms with Crippen LogP contribution in [0.5, 0.6) is 0 Å². The van der Waals surface area contributed by atoms with Gasteiger partial charge in [-0.15, -0.1) is 0 Å². The van der Waals surface area contributed by atoms with E-state index in [0.717, 1.165) is 37.8 Å². The average molecular weight is 363 g/mol. The Bertz CT molecular complexity index is 612. The van der Waals surface area contributed by atoms with Crippen molar-refractivity contribution in [1.29, 1.82) is 0 Å². The molecule has 24 heavy (non-hydrogen) atoms. The van der Waals surface area contributed by atoms with Crippen molar-refractivity contribution in [3.8, 4) is 0 Å². The van der Waals surface area contributed by atoms with Crippen LogP contribution in [0.4, 0.5) is 18.9 Å². The molecule has 2 rings (SSSR count). The fourth-order valence-corrected chi connectivity index (χ4v) is 2.80. The molecule has 0 atom stereocenters. The Morgan fingerprint density at radius 1 is 1.12 bits per heavy atom. The molecule has 4 nitrogen and oxygen atoms in total. The summed E-state index contributed by atoms with van der Waals surface area (Å²) in [5.41, 5.74) is -1.44. The minimum atomic E-state index is -4.65. The van der Waals surface area contributed by atoms with E-state index in [0.29, 0.717) is 13.1 Å². The number of halogens is 4. The van der Waals surface area contributed by atoms with Gasteiger partial charge in [0.1, 0.15) is 6.42 Å². The maximum atomic E-state index is 13.0. The van der Waals surface area contributed by atoms with Gasteiger partial charge in [-0.05, 0) is 31.0 Å². The number of carbonyl (C=O) groups excluding carboxylic acids is 2. The van der Waals surface area contributed by atoms with Crippen LogP contribution in [0, 0.1) is 0 Å². The highest BCUT2D eigenvalue weighted by atomic mass is 35.5. The van der Waals surface area contributed by atoms with Crippen LogP contribution in [0.1, 0.15) is 37.7 Å². The fraction of sp³-hybridized carbons (Fsp3) is 0.500. The zero-order valence-corrected chi connectivity index (χ0v) is 13.7. The van der Waals surface area contributed by atoms with Crippen LogP contribution in [0.25, 0.3) is 0 Å². The fourth-order valence-electron chi connectivity index (χ4n) is 2.62. The molecule has 8 heteroatoms. The van der Waals surface area contributed by atoms with E-state index < -0.39 is 29.8 Å². The molecule has 0 unspecified atom stereocenters. The normalized spacial score (nSPS) is 15.8. The lowest BCUT2D eigenvalue weighted by Crippen LogP contribution is -2.34. The molecule has 1 saturated heterocycles. The van der Waals surface area contributed by atoms with Gasteiger partial charge in [-0.3, -0.25) is 9.59 Å². The smallest absolute Gasteiger partial charge is 0.342 e. The van der Waals surface area contributed by atoms with Gasteiger partial charge < -0.3 is 10.2 Å². The maximum absolute atomic E-state index is 13.0. The second kappa shape index (κ2) is 7.88. The summed E-state index contributed by atoms with van der Waals surface area (Å²) < 4.78 is 39.0. The van der Waals surface area contributed by atoms with Crippen LogP contribution < -0.4 is 5.32 Å². The summed E-state index contributed by atoms with van der Waals surface area (Å²) in [5, 5.41) is 2.08. The number of likely N-dealkylation sites (tertiary alicyclic amines) is 1. The summed E-state index contributed by atoms with van der Waals surface area (Å²) in [6.07, 6.45) is -1.29. The van der Waals surface area contributed by atoms with E-state index in [4.69, 9.17) is 11.6 Å². The van der Waals surface area contributed by atoms with Crippen molar-refractivity contribution in [2.24, 2.45) is 0 Å². The lowest BCUT2D eigenvalue weighted by atomic mass is 10.1. The first-order chi connectivity index (χ1) is 11.3. The SMILES string of the molecule is O=C(CC(=O)N1CCCCCC1)Nc1ccc(Cl)cc1C(F)(F)F. The van der Waals surface area contributed by atoms with E-state index >= 15 is 0 Å². The van der Waals surface area contributed by atoms with Crippen LogP contribution in [-0.2, 0) is 15.8 Å². The highest BCUT2D eigenvalue weighted by molar-refractivity contribution is 6.30.